The maximum absolute atomic E-state index is 5.44. The summed E-state index contributed by atoms with van der Waals surface area (Å²) in [4.78, 5) is 5.55. The van der Waals surface area contributed by atoms with Gasteiger partial charge in [-0.25, -0.2) is 0 Å². The molecule has 1 heterocycles. The molecule has 0 aliphatic carbocycles. The molecule has 1 aromatic heterocycles. The Kier molecular flexibility index (Phi) is 4.38. The van der Waals surface area contributed by atoms with Crippen LogP contribution in [0.15, 0.2) is 33.7 Å². The van der Waals surface area contributed by atoms with Crippen LogP contribution in [-0.2, 0) is 6.42 Å². The number of hydrogen-bond acceptors (Lipinski definition) is 5. The molecule has 1 aromatic carbocycles. The minimum atomic E-state index is 0.519. The first-order chi connectivity index (χ1) is 8.69. The molecule has 2 aromatic rings. The Morgan fingerprint density at radius 2 is 2.00 bits per heavy atom. The summed E-state index contributed by atoms with van der Waals surface area (Å²) < 4.78 is 5.11. The zero-order chi connectivity index (χ0) is 13.0. The van der Waals surface area contributed by atoms with Gasteiger partial charge in [0.05, 0.1) is 0 Å². The average Bonchev–Trinajstić information content (AvgIpc) is 2.78. The summed E-state index contributed by atoms with van der Waals surface area (Å²) in [5, 5.41) is 4.53. The second-order valence-corrected chi connectivity index (χ2v) is 5.89. The van der Waals surface area contributed by atoms with Crippen LogP contribution in [0, 0.1) is 0 Å². The number of aromatic nitrogens is 2. The fraction of sp³-hybridized carbons (Fsp3) is 0.385. The summed E-state index contributed by atoms with van der Waals surface area (Å²) in [6, 6.07) is 8.20. The van der Waals surface area contributed by atoms with Crippen molar-refractivity contribution < 1.29 is 4.52 Å². The van der Waals surface area contributed by atoms with Crippen molar-refractivity contribution in [2.24, 2.45) is 5.73 Å². The van der Waals surface area contributed by atoms with Crippen LogP contribution in [0.4, 0.5) is 0 Å². The molecule has 0 fully saturated rings. The van der Waals surface area contributed by atoms with Crippen molar-refractivity contribution >= 4 is 11.8 Å². The Balaban J connectivity index is 2.12. The molecule has 96 valence electrons. The summed E-state index contributed by atoms with van der Waals surface area (Å²) in [6.45, 7) is 4.87. The maximum Gasteiger partial charge on any atom is 0.228 e. The molecule has 4 nitrogen and oxygen atoms in total. The van der Waals surface area contributed by atoms with Crippen LogP contribution < -0.4 is 5.73 Å². The van der Waals surface area contributed by atoms with Gasteiger partial charge in [-0.05, 0) is 24.3 Å². The van der Waals surface area contributed by atoms with Gasteiger partial charge in [-0.1, -0.05) is 19.0 Å². The zero-order valence-corrected chi connectivity index (χ0v) is 11.4. The van der Waals surface area contributed by atoms with E-state index in [1.165, 1.54) is 4.90 Å². The van der Waals surface area contributed by atoms with Crippen LogP contribution in [0.3, 0.4) is 0 Å². The van der Waals surface area contributed by atoms with Gasteiger partial charge in [0.25, 0.3) is 0 Å². The summed E-state index contributed by atoms with van der Waals surface area (Å²) in [6.07, 6.45) is 0.619. The molecule has 0 spiro atoms. The molecular weight excluding hydrogens is 246 g/mol. The molecule has 2 N–H and O–H groups in total. The molecule has 0 bridgehead atoms. The molecule has 0 atom stereocenters. The lowest BCUT2D eigenvalue weighted by Gasteiger charge is -2.04. The third-order valence-electron chi connectivity index (χ3n) is 2.31. The molecule has 18 heavy (non-hydrogen) atoms. The van der Waals surface area contributed by atoms with Crippen molar-refractivity contribution in [3.8, 4) is 11.4 Å². The van der Waals surface area contributed by atoms with Crippen LogP contribution in [0.5, 0.6) is 0 Å². The third-order valence-corrected chi connectivity index (χ3v) is 3.33. The van der Waals surface area contributed by atoms with E-state index >= 15 is 0 Å². The van der Waals surface area contributed by atoms with E-state index in [0.717, 1.165) is 5.56 Å². The minimum Gasteiger partial charge on any atom is -0.339 e. The van der Waals surface area contributed by atoms with E-state index in [4.69, 9.17) is 10.3 Å². The smallest absolute Gasteiger partial charge is 0.228 e. The van der Waals surface area contributed by atoms with E-state index in [-0.39, 0.29) is 0 Å². The second kappa shape index (κ2) is 6.02. The van der Waals surface area contributed by atoms with E-state index in [1.54, 1.807) is 0 Å². The highest BCUT2D eigenvalue weighted by atomic mass is 32.2. The Labute approximate surface area is 111 Å². The van der Waals surface area contributed by atoms with Crippen LogP contribution in [0.2, 0.25) is 0 Å². The average molecular weight is 263 g/mol. The van der Waals surface area contributed by atoms with Gasteiger partial charge in [0.1, 0.15) is 0 Å². The highest BCUT2D eigenvalue weighted by Crippen LogP contribution is 2.25. The zero-order valence-electron chi connectivity index (χ0n) is 10.6. The number of benzene rings is 1. The van der Waals surface area contributed by atoms with Crippen LogP contribution in [-0.4, -0.2) is 21.9 Å². The fourth-order valence-corrected chi connectivity index (χ4v) is 2.39. The lowest BCUT2D eigenvalue weighted by Crippen LogP contribution is -2.02. The van der Waals surface area contributed by atoms with Crippen LogP contribution in [0.1, 0.15) is 19.7 Å². The van der Waals surface area contributed by atoms with Gasteiger partial charge in [-0.2, -0.15) is 4.98 Å². The summed E-state index contributed by atoms with van der Waals surface area (Å²) in [5.74, 6) is 1.22. The predicted octanol–water partition coefficient (Wildman–Crippen LogP) is 2.74. The Bertz CT molecular complexity index is 493. The van der Waals surface area contributed by atoms with E-state index < -0.39 is 0 Å². The van der Waals surface area contributed by atoms with Gasteiger partial charge in [0, 0.05) is 28.7 Å². The molecule has 5 heteroatoms. The Hall–Kier alpha value is -1.33. The highest BCUT2D eigenvalue weighted by molar-refractivity contribution is 7.99. The standard InChI is InChI=1S/C13H17N3OS/c1-9(2)18-11-5-3-10(4-6-11)13-15-12(7-8-14)17-16-13/h3-6,9H,7-8,14H2,1-2H3. The number of hydrogen-bond donors (Lipinski definition) is 1. The predicted molar refractivity (Wildman–Crippen MR) is 73.5 cm³/mol. The number of nitrogens with two attached hydrogens (primary N) is 1. The van der Waals surface area contributed by atoms with Gasteiger partial charge >= 0.3 is 0 Å². The Morgan fingerprint density at radius 3 is 2.61 bits per heavy atom. The monoisotopic (exact) mass is 263 g/mol. The molecular formula is C13H17N3OS. The molecule has 0 aliphatic heterocycles. The highest BCUT2D eigenvalue weighted by Gasteiger charge is 2.08. The van der Waals surface area contributed by atoms with Crippen molar-refractivity contribution in [2.45, 2.75) is 30.4 Å². The van der Waals surface area contributed by atoms with Crippen LogP contribution in [0.25, 0.3) is 11.4 Å². The van der Waals surface area contributed by atoms with E-state index in [9.17, 15) is 0 Å². The van der Waals surface area contributed by atoms with Crippen molar-refractivity contribution in [1.29, 1.82) is 0 Å². The topological polar surface area (TPSA) is 64.9 Å². The first-order valence-electron chi connectivity index (χ1n) is 5.99. The van der Waals surface area contributed by atoms with Gasteiger partial charge < -0.3 is 10.3 Å². The molecule has 0 saturated carbocycles. The molecule has 0 unspecified atom stereocenters. The van der Waals surface area contributed by atoms with Gasteiger partial charge in [0.15, 0.2) is 0 Å². The lowest BCUT2D eigenvalue weighted by atomic mass is 10.2. The number of nitrogens with zero attached hydrogens (tertiary/aromatic N) is 2. The maximum atomic E-state index is 5.44. The van der Waals surface area contributed by atoms with E-state index in [0.29, 0.717) is 29.9 Å². The summed E-state index contributed by atoms with van der Waals surface area (Å²) in [7, 11) is 0. The molecule has 0 saturated heterocycles. The summed E-state index contributed by atoms with van der Waals surface area (Å²) >= 11 is 1.83. The van der Waals surface area contributed by atoms with E-state index in [2.05, 4.69) is 36.1 Å². The van der Waals surface area contributed by atoms with Gasteiger partial charge in [-0.15, -0.1) is 11.8 Å². The first kappa shape index (κ1) is 13.1. The van der Waals surface area contributed by atoms with Gasteiger partial charge in [0.2, 0.25) is 11.7 Å². The molecule has 2 rings (SSSR count). The van der Waals surface area contributed by atoms with Gasteiger partial charge in [-0.3, -0.25) is 0 Å². The first-order valence-corrected chi connectivity index (χ1v) is 6.86. The lowest BCUT2D eigenvalue weighted by molar-refractivity contribution is 0.380. The number of thioether (sulfide) groups is 1. The van der Waals surface area contributed by atoms with Crippen molar-refractivity contribution in [3.63, 3.8) is 0 Å². The molecule has 0 radical (unpaired) electrons. The molecule has 0 amide bonds. The largest absolute Gasteiger partial charge is 0.339 e. The van der Waals surface area contributed by atoms with Crippen molar-refractivity contribution in [2.75, 3.05) is 6.54 Å². The number of rotatable bonds is 5. The summed E-state index contributed by atoms with van der Waals surface area (Å²) in [5.41, 5.74) is 6.41. The fourth-order valence-electron chi connectivity index (χ4n) is 1.55. The molecule has 0 aliphatic rings. The Morgan fingerprint density at radius 1 is 1.28 bits per heavy atom. The van der Waals surface area contributed by atoms with Crippen LogP contribution >= 0.6 is 11.8 Å². The quantitative estimate of drug-likeness (QED) is 0.840. The minimum absolute atomic E-state index is 0.519. The van der Waals surface area contributed by atoms with Crippen molar-refractivity contribution in [3.05, 3.63) is 30.2 Å². The second-order valence-electron chi connectivity index (χ2n) is 4.24. The van der Waals surface area contributed by atoms with E-state index in [1.807, 2.05) is 23.9 Å². The van der Waals surface area contributed by atoms with Crippen molar-refractivity contribution in [1.82, 2.24) is 10.1 Å². The SMILES string of the molecule is CC(C)Sc1ccc(-c2noc(CCN)n2)cc1. The third kappa shape index (κ3) is 3.34. The normalized spacial score (nSPS) is 11.1.